The summed E-state index contributed by atoms with van der Waals surface area (Å²) in [6.45, 7) is 5.38. The van der Waals surface area contributed by atoms with E-state index in [0.29, 0.717) is 90.3 Å². The van der Waals surface area contributed by atoms with Crippen LogP contribution in [-0.4, -0.2) is 141 Å². The number of nitrogens with two attached hydrogens (primary N) is 2. The molecule has 0 radical (unpaired) electrons. The van der Waals surface area contributed by atoms with Gasteiger partial charge in [0.05, 0.1) is 13.2 Å². The van der Waals surface area contributed by atoms with Crippen molar-refractivity contribution in [1.82, 2.24) is 19.6 Å². The topological polar surface area (TPSA) is 170 Å². The largest absolute Gasteiger partial charge is 0.447 e. The molecule has 53 heavy (non-hydrogen) atoms. The minimum atomic E-state index is -0.670. The van der Waals surface area contributed by atoms with Crippen molar-refractivity contribution >= 4 is 24.0 Å². The fourth-order valence-corrected chi connectivity index (χ4v) is 8.56. The molecular weight excluding hydrogens is 680 g/mol. The number of benzene rings is 1. The Kier molecular flexibility index (Phi) is 14.2. The highest BCUT2D eigenvalue weighted by Crippen LogP contribution is 2.31. The van der Waals surface area contributed by atoms with Crippen LogP contribution in [-0.2, 0) is 35.1 Å². The van der Waals surface area contributed by atoms with Crippen LogP contribution in [0.4, 0.5) is 9.59 Å². The van der Waals surface area contributed by atoms with Gasteiger partial charge in [-0.1, -0.05) is 30.3 Å². The maximum atomic E-state index is 13.5. The Morgan fingerprint density at radius 2 is 1.13 bits per heavy atom. The van der Waals surface area contributed by atoms with E-state index in [1.165, 1.54) is 0 Å². The zero-order valence-corrected chi connectivity index (χ0v) is 31.2. The number of hydrogen-bond acceptors (Lipinski definition) is 10. The minimum Gasteiger partial charge on any atom is -0.447 e. The van der Waals surface area contributed by atoms with Crippen molar-refractivity contribution in [2.45, 2.75) is 82.7 Å². The number of carbonyl (C=O) groups is 4. The van der Waals surface area contributed by atoms with Crippen molar-refractivity contribution in [2.75, 3.05) is 78.7 Å². The highest BCUT2D eigenvalue weighted by Gasteiger charge is 2.41. The van der Waals surface area contributed by atoms with E-state index in [1.54, 1.807) is 9.80 Å². The van der Waals surface area contributed by atoms with E-state index in [0.717, 1.165) is 56.9 Å². The zero-order valence-electron chi connectivity index (χ0n) is 31.2. The molecule has 3 heterocycles. The fourth-order valence-electron chi connectivity index (χ4n) is 8.56. The van der Waals surface area contributed by atoms with Crippen LogP contribution < -0.4 is 11.5 Å². The van der Waals surface area contributed by atoms with Gasteiger partial charge in [-0.3, -0.25) is 9.59 Å². The number of nitrogens with zero attached hydrogens (tertiary/aromatic N) is 4. The Morgan fingerprint density at radius 3 is 1.64 bits per heavy atom. The Bertz CT molecular complexity index is 1340. The third kappa shape index (κ3) is 10.4. The van der Waals surface area contributed by atoms with Gasteiger partial charge in [0.2, 0.25) is 11.8 Å². The van der Waals surface area contributed by atoms with Gasteiger partial charge in [-0.05, 0) is 81.9 Å². The summed E-state index contributed by atoms with van der Waals surface area (Å²) in [5, 5.41) is 0. The van der Waals surface area contributed by atoms with Gasteiger partial charge in [-0.25, -0.2) is 9.59 Å². The van der Waals surface area contributed by atoms with E-state index in [4.69, 9.17) is 30.4 Å². The van der Waals surface area contributed by atoms with Gasteiger partial charge in [-0.2, -0.15) is 0 Å². The molecule has 3 aliphatic heterocycles. The third-order valence-electron chi connectivity index (χ3n) is 12.1. The monoisotopic (exact) mass is 740 g/mol. The van der Waals surface area contributed by atoms with Gasteiger partial charge in [-0.15, -0.1) is 0 Å². The van der Waals surface area contributed by atoms with Gasteiger partial charge >= 0.3 is 12.2 Å². The Labute approximate surface area is 313 Å². The van der Waals surface area contributed by atoms with Gasteiger partial charge in [0.25, 0.3) is 0 Å². The Balaban J connectivity index is 0.987. The number of hydrogen-bond donors (Lipinski definition) is 2. The standard InChI is InChI=1S/C39H60N6O8/c40-24-28-6-10-31(11-7-28)36(46)42-15-19-44(20-16-42)38(48)52-27-34-35(51-26-30-4-2-1-3-5-30)33(14-23-50-34)53-39(49)45-21-17-43(18-22-45)37(47)32-12-8-29(25-41)9-13-32/h1-5,28-29,31-35H,6-27,40-41H2/t28?,29?,31?,32?,33-,34-,35-/m1/s1. The molecule has 0 aromatic heterocycles. The Hall–Kier alpha value is -3.46. The number of carbonyl (C=O) groups excluding carboxylic acids is 4. The average Bonchev–Trinajstić information content (AvgIpc) is 3.22. The second-order valence-electron chi connectivity index (χ2n) is 15.5. The lowest BCUT2D eigenvalue weighted by Crippen LogP contribution is -2.55. The SMILES string of the molecule is NCC1CCC(C(=O)N2CCN(C(=O)OC[C@H]3OCC[C@@H](OC(=O)N4CCN(C(=O)C5CCC(CN)CC5)CC4)[C@H]3OCc3ccccc3)CC2)CC1. The van der Waals surface area contributed by atoms with Crippen molar-refractivity contribution in [3.63, 3.8) is 0 Å². The van der Waals surface area contributed by atoms with Crippen LogP contribution in [0.3, 0.4) is 0 Å². The van der Waals surface area contributed by atoms with Crippen molar-refractivity contribution in [3.8, 4) is 0 Å². The van der Waals surface area contributed by atoms with Gasteiger partial charge < -0.3 is 50.0 Å². The second-order valence-corrected chi connectivity index (χ2v) is 15.5. The number of amides is 4. The zero-order chi connectivity index (χ0) is 37.2. The summed E-state index contributed by atoms with van der Waals surface area (Å²) in [5.74, 6) is 1.47. The number of rotatable bonds is 10. The first kappa shape index (κ1) is 39.2. The van der Waals surface area contributed by atoms with Crippen molar-refractivity contribution in [2.24, 2.45) is 35.1 Å². The molecule has 4 N–H and O–H groups in total. The van der Waals surface area contributed by atoms with Crippen molar-refractivity contribution in [3.05, 3.63) is 35.9 Å². The van der Waals surface area contributed by atoms with Crippen molar-refractivity contribution < 1.29 is 38.1 Å². The lowest BCUT2D eigenvalue weighted by atomic mass is 9.81. The maximum absolute atomic E-state index is 13.5. The summed E-state index contributed by atoms with van der Waals surface area (Å²) >= 11 is 0. The van der Waals surface area contributed by atoms with E-state index in [1.807, 2.05) is 40.1 Å². The molecule has 5 fully saturated rings. The fraction of sp³-hybridized carbons (Fsp3) is 0.744. The van der Waals surface area contributed by atoms with Crippen LogP contribution in [0.1, 0.15) is 63.4 Å². The molecule has 5 aliphatic rings. The lowest BCUT2D eigenvalue weighted by molar-refractivity contribution is -0.178. The molecule has 2 saturated carbocycles. The highest BCUT2D eigenvalue weighted by molar-refractivity contribution is 5.80. The lowest BCUT2D eigenvalue weighted by Gasteiger charge is -2.40. The molecular formula is C39H60N6O8. The first-order chi connectivity index (χ1) is 25.8. The highest BCUT2D eigenvalue weighted by atomic mass is 16.6. The van der Waals surface area contributed by atoms with E-state index < -0.39 is 30.5 Å². The molecule has 14 nitrogen and oxygen atoms in total. The molecule has 3 saturated heterocycles. The van der Waals surface area contributed by atoms with Crippen LogP contribution in [0.2, 0.25) is 0 Å². The van der Waals surface area contributed by atoms with Gasteiger partial charge in [0.15, 0.2) is 0 Å². The minimum absolute atomic E-state index is 0.0394. The molecule has 0 spiro atoms. The second kappa shape index (κ2) is 19.2. The molecule has 2 aliphatic carbocycles. The van der Waals surface area contributed by atoms with Crippen LogP contribution in [0.5, 0.6) is 0 Å². The smallest absolute Gasteiger partial charge is 0.410 e. The summed E-state index contributed by atoms with van der Waals surface area (Å²) in [6.07, 6.45) is 5.07. The summed E-state index contributed by atoms with van der Waals surface area (Å²) in [4.78, 5) is 60.1. The summed E-state index contributed by atoms with van der Waals surface area (Å²) in [5.41, 5.74) is 12.6. The van der Waals surface area contributed by atoms with Crippen molar-refractivity contribution in [1.29, 1.82) is 0 Å². The van der Waals surface area contributed by atoms with Gasteiger partial charge in [0.1, 0.15) is 24.9 Å². The summed E-state index contributed by atoms with van der Waals surface area (Å²) in [7, 11) is 0. The summed E-state index contributed by atoms with van der Waals surface area (Å²) in [6, 6.07) is 9.71. The molecule has 6 rings (SSSR count). The molecule has 4 amide bonds. The maximum Gasteiger partial charge on any atom is 0.410 e. The van der Waals surface area contributed by atoms with Crippen LogP contribution in [0.25, 0.3) is 0 Å². The van der Waals surface area contributed by atoms with E-state index in [-0.39, 0.29) is 36.9 Å². The van der Waals surface area contributed by atoms with E-state index >= 15 is 0 Å². The molecule has 3 atom stereocenters. The predicted octanol–water partition coefficient (Wildman–Crippen LogP) is 2.82. The molecule has 14 heteroatoms. The first-order valence-electron chi connectivity index (χ1n) is 19.9. The number of ether oxygens (including phenoxy) is 4. The van der Waals surface area contributed by atoms with E-state index in [9.17, 15) is 19.2 Å². The molecule has 1 aromatic carbocycles. The normalized spacial score (nSPS) is 29.7. The molecule has 0 bridgehead atoms. The molecule has 1 aromatic rings. The third-order valence-corrected chi connectivity index (χ3v) is 12.1. The summed E-state index contributed by atoms with van der Waals surface area (Å²) < 4.78 is 24.3. The van der Waals surface area contributed by atoms with Crippen LogP contribution in [0, 0.1) is 23.7 Å². The number of piperazine rings is 2. The quantitative estimate of drug-likeness (QED) is 0.364. The predicted molar refractivity (Wildman–Crippen MR) is 196 cm³/mol. The van der Waals surface area contributed by atoms with E-state index in [2.05, 4.69) is 0 Å². The Morgan fingerprint density at radius 1 is 0.642 bits per heavy atom. The van der Waals surface area contributed by atoms with Crippen LogP contribution >= 0.6 is 0 Å². The first-order valence-corrected chi connectivity index (χ1v) is 19.9. The van der Waals surface area contributed by atoms with Crippen LogP contribution in [0.15, 0.2) is 30.3 Å². The molecule has 294 valence electrons. The molecule has 0 unspecified atom stereocenters. The van der Waals surface area contributed by atoms with Gasteiger partial charge in [0, 0.05) is 70.6 Å². The average molecular weight is 741 g/mol.